The molecule has 0 bridgehead atoms. The number of fused-ring (bicyclic) bond motifs is 1. The minimum atomic E-state index is -0.895. The highest BCUT2D eigenvalue weighted by molar-refractivity contribution is 9.10. The second-order valence-electron chi connectivity index (χ2n) is 5.45. The number of halogens is 1. The first-order chi connectivity index (χ1) is 10.6. The van der Waals surface area contributed by atoms with Crippen molar-refractivity contribution in [3.63, 3.8) is 0 Å². The topological polar surface area (TPSA) is 84.9 Å². The van der Waals surface area contributed by atoms with Crippen molar-refractivity contribution in [2.45, 2.75) is 19.4 Å². The Morgan fingerprint density at radius 3 is 2.64 bits per heavy atom. The van der Waals surface area contributed by atoms with E-state index in [1.54, 1.807) is 0 Å². The van der Waals surface area contributed by atoms with Gasteiger partial charge in [0.15, 0.2) is 11.5 Å². The Bertz CT molecular complexity index is 618. The number of carboxylic acids is 1. The number of carboxylic acid groups (broad SMARTS) is 1. The fourth-order valence-corrected chi connectivity index (χ4v) is 3.30. The van der Waals surface area contributed by atoms with Crippen LogP contribution in [-0.4, -0.2) is 30.2 Å². The van der Waals surface area contributed by atoms with Crippen LogP contribution >= 0.6 is 15.9 Å². The van der Waals surface area contributed by atoms with Gasteiger partial charge >= 0.3 is 5.97 Å². The van der Waals surface area contributed by atoms with E-state index in [1.165, 1.54) is 0 Å². The first-order valence-electron chi connectivity index (χ1n) is 7.15. The second kappa shape index (κ2) is 6.16. The summed E-state index contributed by atoms with van der Waals surface area (Å²) in [5.74, 6) is -0.744. The van der Waals surface area contributed by atoms with Crippen molar-refractivity contribution in [2.75, 3.05) is 13.2 Å². The maximum Gasteiger partial charge on any atom is 0.307 e. The molecule has 0 radical (unpaired) electrons. The largest absolute Gasteiger partial charge is 0.486 e. The van der Waals surface area contributed by atoms with E-state index >= 15 is 0 Å². The van der Waals surface area contributed by atoms with Crippen molar-refractivity contribution in [1.82, 2.24) is 5.32 Å². The first-order valence-corrected chi connectivity index (χ1v) is 7.94. The second-order valence-corrected chi connectivity index (χ2v) is 6.30. The zero-order valence-corrected chi connectivity index (χ0v) is 13.4. The summed E-state index contributed by atoms with van der Waals surface area (Å²) in [6, 6.07) is 3.69. The minimum absolute atomic E-state index is 0.204. The number of nitrogens with one attached hydrogen (secondary N) is 1. The van der Waals surface area contributed by atoms with E-state index in [0.717, 1.165) is 10.0 Å². The molecule has 1 aliphatic heterocycles. The van der Waals surface area contributed by atoms with E-state index in [2.05, 4.69) is 21.2 Å². The van der Waals surface area contributed by atoms with E-state index in [4.69, 9.17) is 14.6 Å². The van der Waals surface area contributed by atoms with Crippen LogP contribution in [0.25, 0.3) is 0 Å². The molecule has 3 rings (SSSR count). The van der Waals surface area contributed by atoms with E-state index in [0.29, 0.717) is 44.1 Å². The van der Waals surface area contributed by atoms with Gasteiger partial charge in [0.25, 0.3) is 0 Å². The molecule has 7 heteroatoms. The molecule has 2 unspecified atom stereocenters. The quantitative estimate of drug-likeness (QED) is 0.846. The summed E-state index contributed by atoms with van der Waals surface area (Å²) in [4.78, 5) is 23.0. The van der Waals surface area contributed by atoms with Crippen LogP contribution in [0.5, 0.6) is 11.5 Å². The third kappa shape index (κ3) is 2.90. The number of benzene rings is 1. The summed E-state index contributed by atoms with van der Waals surface area (Å²) in [7, 11) is 0. The number of carbonyl (C=O) groups excluding carboxylic acids is 1. The van der Waals surface area contributed by atoms with Crippen LogP contribution in [-0.2, 0) is 16.1 Å². The Morgan fingerprint density at radius 1 is 1.23 bits per heavy atom. The summed E-state index contributed by atoms with van der Waals surface area (Å²) < 4.78 is 11.8. The summed E-state index contributed by atoms with van der Waals surface area (Å²) in [5.41, 5.74) is 0.871. The van der Waals surface area contributed by atoms with E-state index in [-0.39, 0.29) is 5.91 Å². The van der Waals surface area contributed by atoms with Gasteiger partial charge in [-0.25, -0.2) is 0 Å². The molecule has 1 heterocycles. The SMILES string of the molecule is O=C(O)C1CCC1C(=O)NCc1cc(Br)c2c(c1)OCCO2. The molecular formula is C15H16BrNO5. The predicted octanol–water partition coefficient (Wildman–Crippen LogP) is 1.95. The number of ether oxygens (including phenoxy) is 2. The van der Waals surface area contributed by atoms with E-state index in [9.17, 15) is 9.59 Å². The average molecular weight is 370 g/mol. The maximum absolute atomic E-state index is 12.0. The van der Waals surface area contributed by atoms with Gasteiger partial charge in [0, 0.05) is 6.54 Å². The number of hydrogen-bond donors (Lipinski definition) is 2. The molecule has 6 nitrogen and oxygen atoms in total. The molecule has 118 valence electrons. The molecule has 1 aromatic rings. The van der Waals surface area contributed by atoms with Crippen molar-refractivity contribution < 1.29 is 24.2 Å². The molecule has 1 amide bonds. The van der Waals surface area contributed by atoms with Crippen LogP contribution < -0.4 is 14.8 Å². The van der Waals surface area contributed by atoms with Crippen molar-refractivity contribution >= 4 is 27.8 Å². The molecule has 2 atom stereocenters. The lowest BCUT2D eigenvalue weighted by Gasteiger charge is -2.32. The number of aliphatic carboxylic acids is 1. The fraction of sp³-hybridized carbons (Fsp3) is 0.467. The molecule has 0 saturated heterocycles. The molecule has 22 heavy (non-hydrogen) atoms. The van der Waals surface area contributed by atoms with Crippen LogP contribution in [0.1, 0.15) is 18.4 Å². The highest BCUT2D eigenvalue weighted by Gasteiger charge is 2.41. The standard InChI is InChI=1S/C15H16BrNO5/c16-11-5-8(6-12-13(11)22-4-3-21-12)7-17-14(18)9-1-2-10(9)15(19)20/h5-6,9-10H,1-4,7H2,(H,17,18)(H,19,20). The van der Waals surface area contributed by atoms with Crippen LogP contribution in [0.2, 0.25) is 0 Å². The Hall–Kier alpha value is -1.76. The smallest absolute Gasteiger partial charge is 0.307 e. The lowest BCUT2D eigenvalue weighted by atomic mass is 9.73. The van der Waals surface area contributed by atoms with Crippen molar-refractivity contribution in [3.8, 4) is 11.5 Å². The molecule has 0 aromatic heterocycles. The highest BCUT2D eigenvalue weighted by atomic mass is 79.9. The molecular weight excluding hydrogens is 354 g/mol. The number of amides is 1. The molecule has 1 saturated carbocycles. The van der Waals surface area contributed by atoms with Gasteiger partial charge in [0.1, 0.15) is 13.2 Å². The summed E-state index contributed by atoms with van der Waals surface area (Å²) in [5, 5.41) is 11.8. The lowest BCUT2D eigenvalue weighted by molar-refractivity contribution is -0.152. The van der Waals surface area contributed by atoms with Gasteiger partial charge in [-0.3, -0.25) is 9.59 Å². The van der Waals surface area contributed by atoms with Gasteiger partial charge in [-0.05, 0) is 46.5 Å². The first kappa shape index (κ1) is 15.1. The molecule has 1 aliphatic carbocycles. The summed E-state index contributed by atoms with van der Waals surface area (Å²) in [6.45, 7) is 1.34. The van der Waals surface area contributed by atoms with Crippen LogP contribution in [0.3, 0.4) is 0 Å². The Labute approximate surface area is 135 Å². The predicted molar refractivity (Wildman–Crippen MR) is 80.8 cm³/mol. The van der Waals surface area contributed by atoms with Gasteiger partial charge in [-0.2, -0.15) is 0 Å². The van der Waals surface area contributed by atoms with Crippen LogP contribution in [0.4, 0.5) is 0 Å². The average Bonchev–Trinajstić information content (AvgIpc) is 2.43. The molecule has 2 N–H and O–H groups in total. The summed E-state index contributed by atoms with van der Waals surface area (Å²) in [6.07, 6.45) is 1.20. The third-order valence-electron chi connectivity index (χ3n) is 4.05. The zero-order chi connectivity index (χ0) is 15.7. The van der Waals surface area contributed by atoms with Gasteiger partial charge in [-0.1, -0.05) is 0 Å². The number of carbonyl (C=O) groups is 2. The Morgan fingerprint density at radius 2 is 1.95 bits per heavy atom. The molecule has 1 fully saturated rings. The normalized spacial score (nSPS) is 22.6. The summed E-state index contributed by atoms with van der Waals surface area (Å²) >= 11 is 3.43. The maximum atomic E-state index is 12.0. The van der Waals surface area contributed by atoms with E-state index in [1.807, 2.05) is 12.1 Å². The Kier molecular flexibility index (Phi) is 4.24. The lowest BCUT2D eigenvalue weighted by Crippen LogP contribution is -2.43. The number of hydrogen-bond acceptors (Lipinski definition) is 4. The monoisotopic (exact) mass is 369 g/mol. The van der Waals surface area contributed by atoms with Gasteiger partial charge in [0.2, 0.25) is 5.91 Å². The highest BCUT2D eigenvalue weighted by Crippen LogP contribution is 2.39. The Balaban J connectivity index is 1.63. The molecule has 2 aliphatic rings. The fourth-order valence-electron chi connectivity index (χ4n) is 2.70. The van der Waals surface area contributed by atoms with Crippen LogP contribution in [0.15, 0.2) is 16.6 Å². The molecule has 1 aromatic carbocycles. The van der Waals surface area contributed by atoms with E-state index < -0.39 is 17.8 Å². The van der Waals surface area contributed by atoms with Crippen LogP contribution in [0, 0.1) is 11.8 Å². The zero-order valence-electron chi connectivity index (χ0n) is 11.8. The van der Waals surface area contributed by atoms with Crippen molar-refractivity contribution in [1.29, 1.82) is 0 Å². The van der Waals surface area contributed by atoms with Crippen molar-refractivity contribution in [2.24, 2.45) is 11.8 Å². The van der Waals surface area contributed by atoms with Gasteiger partial charge in [0.05, 0.1) is 16.3 Å². The van der Waals surface area contributed by atoms with Gasteiger partial charge in [-0.15, -0.1) is 0 Å². The molecule has 0 spiro atoms. The number of rotatable bonds is 4. The van der Waals surface area contributed by atoms with Crippen molar-refractivity contribution in [3.05, 3.63) is 22.2 Å². The van der Waals surface area contributed by atoms with Gasteiger partial charge < -0.3 is 19.9 Å². The minimum Gasteiger partial charge on any atom is -0.486 e. The third-order valence-corrected chi connectivity index (χ3v) is 4.64.